The van der Waals surface area contributed by atoms with Gasteiger partial charge in [0.15, 0.2) is 5.82 Å². The van der Waals surface area contributed by atoms with E-state index in [0.29, 0.717) is 6.54 Å². The molecule has 86 valence electrons. The Kier molecular flexibility index (Phi) is 4.71. The first-order valence-corrected chi connectivity index (χ1v) is 5.45. The third kappa shape index (κ3) is 3.00. The van der Waals surface area contributed by atoms with Gasteiger partial charge < -0.3 is 10.4 Å². The molecule has 1 aromatic rings. The minimum Gasteiger partial charge on any atom is -0.395 e. The van der Waals surface area contributed by atoms with E-state index < -0.39 is 0 Å². The van der Waals surface area contributed by atoms with Gasteiger partial charge in [0, 0.05) is 18.9 Å². The van der Waals surface area contributed by atoms with Gasteiger partial charge in [-0.1, -0.05) is 13.8 Å². The molecule has 0 amide bonds. The van der Waals surface area contributed by atoms with Gasteiger partial charge in [-0.15, -0.1) is 0 Å². The zero-order chi connectivity index (χ0) is 11.3. The number of aromatic nitrogens is 3. The number of aliphatic hydroxyl groups is 1. The number of nitrogens with zero attached hydrogens (tertiary/aromatic N) is 3. The number of rotatable bonds is 6. The van der Waals surface area contributed by atoms with E-state index in [2.05, 4.69) is 22.3 Å². The highest BCUT2D eigenvalue weighted by atomic mass is 16.3. The minimum atomic E-state index is 0.0432. The molecule has 5 heteroatoms. The fraction of sp³-hybridized carbons (Fsp3) is 0.800. The molecule has 0 aromatic carbocycles. The van der Waals surface area contributed by atoms with Crippen LogP contribution in [0.3, 0.4) is 0 Å². The summed E-state index contributed by atoms with van der Waals surface area (Å²) in [5, 5.41) is 16.5. The zero-order valence-corrected chi connectivity index (χ0v) is 9.69. The van der Waals surface area contributed by atoms with Crippen molar-refractivity contribution in [2.45, 2.75) is 39.3 Å². The average molecular weight is 212 g/mol. The van der Waals surface area contributed by atoms with E-state index in [-0.39, 0.29) is 12.6 Å². The summed E-state index contributed by atoms with van der Waals surface area (Å²) in [5.41, 5.74) is 0. The second-order valence-corrected chi connectivity index (χ2v) is 3.50. The summed E-state index contributed by atoms with van der Waals surface area (Å²) in [6, 6.07) is 0.0432. The molecule has 0 radical (unpaired) electrons. The van der Waals surface area contributed by atoms with Crippen LogP contribution in [0.15, 0.2) is 0 Å². The highest BCUT2D eigenvalue weighted by Crippen LogP contribution is 2.02. The molecule has 15 heavy (non-hydrogen) atoms. The average Bonchev–Trinajstić information content (AvgIpc) is 2.68. The van der Waals surface area contributed by atoms with Crippen molar-refractivity contribution in [1.82, 2.24) is 20.1 Å². The molecule has 1 unspecified atom stereocenters. The van der Waals surface area contributed by atoms with Gasteiger partial charge in [0.25, 0.3) is 0 Å². The lowest BCUT2D eigenvalue weighted by molar-refractivity contribution is 0.230. The van der Waals surface area contributed by atoms with Crippen molar-refractivity contribution in [1.29, 1.82) is 0 Å². The van der Waals surface area contributed by atoms with Gasteiger partial charge in [-0.25, -0.2) is 9.67 Å². The van der Waals surface area contributed by atoms with Gasteiger partial charge in [0.1, 0.15) is 5.82 Å². The molecule has 0 saturated heterocycles. The first kappa shape index (κ1) is 12.1. The van der Waals surface area contributed by atoms with Gasteiger partial charge in [0.05, 0.1) is 13.2 Å². The fourth-order valence-corrected chi connectivity index (χ4v) is 1.43. The highest BCUT2D eigenvalue weighted by Gasteiger charge is 2.11. The van der Waals surface area contributed by atoms with Gasteiger partial charge in [-0.2, -0.15) is 5.10 Å². The van der Waals surface area contributed by atoms with Crippen LogP contribution in [0.25, 0.3) is 0 Å². The van der Waals surface area contributed by atoms with E-state index in [1.165, 1.54) is 0 Å². The Morgan fingerprint density at radius 3 is 2.60 bits per heavy atom. The van der Waals surface area contributed by atoms with Crippen molar-refractivity contribution in [3.05, 3.63) is 11.6 Å². The summed E-state index contributed by atoms with van der Waals surface area (Å²) in [4.78, 5) is 4.41. The molecule has 0 saturated carbocycles. The summed E-state index contributed by atoms with van der Waals surface area (Å²) < 4.78 is 1.89. The molecule has 0 aliphatic heterocycles. The van der Waals surface area contributed by atoms with Crippen molar-refractivity contribution in [3.8, 4) is 0 Å². The van der Waals surface area contributed by atoms with Gasteiger partial charge in [0.2, 0.25) is 0 Å². The van der Waals surface area contributed by atoms with Crippen LogP contribution in [0.1, 0.15) is 25.5 Å². The Hall–Kier alpha value is -0.940. The smallest absolute Gasteiger partial charge is 0.150 e. The van der Waals surface area contributed by atoms with E-state index in [9.17, 15) is 0 Å². The third-order valence-electron chi connectivity index (χ3n) is 2.45. The first-order chi connectivity index (χ1) is 7.24. The van der Waals surface area contributed by atoms with Crippen molar-refractivity contribution < 1.29 is 5.11 Å². The Labute approximate surface area is 90.5 Å². The van der Waals surface area contributed by atoms with E-state index in [0.717, 1.165) is 24.5 Å². The van der Waals surface area contributed by atoms with Gasteiger partial charge in [-0.05, 0) is 7.05 Å². The van der Waals surface area contributed by atoms with Crippen LogP contribution in [0, 0.1) is 0 Å². The molecule has 1 heterocycles. The number of aryl methyl sites for hydroxylation is 2. The number of hydrogen-bond acceptors (Lipinski definition) is 4. The molecule has 0 bridgehead atoms. The topological polar surface area (TPSA) is 63.0 Å². The number of hydrogen-bond donors (Lipinski definition) is 2. The summed E-state index contributed by atoms with van der Waals surface area (Å²) in [6.07, 6.45) is 1.72. The molecule has 0 aliphatic carbocycles. The first-order valence-electron chi connectivity index (χ1n) is 5.45. The van der Waals surface area contributed by atoms with Crippen molar-refractivity contribution in [2.24, 2.45) is 0 Å². The van der Waals surface area contributed by atoms with Gasteiger partial charge >= 0.3 is 0 Å². The van der Waals surface area contributed by atoms with Crippen molar-refractivity contribution in [3.63, 3.8) is 0 Å². The Bertz CT molecular complexity index is 294. The maximum Gasteiger partial charge on any atom is 0.150 e. The summed E-state index contributed by atoms with van der Waals surface area (Å²) in [5.74, 6) is 1.86. The SMILES string of the molecule is CCc1nc(CC)n(CC(CO)NC)n1. The summed E-state index contributed by atoms with van der Waals surface area (Å²) in [7, 11) is 1.84. The normalized spacial score (nSPS) is 13.1. The molecule has 0 spiro atoms. The summed E-state index contributed by atoms with van der Waals surface area (Å²) >= 11 is 0. The molecule has 1 atom stereocenters. The van der Waals surface area contributed by atoms with E-state index in [1.807, 2.05) is 18.7 Å². The van der Waals surface area contributed by atoms with Crippen LogP contribution < -0.4 is 5.32 Å². The van der Waals surface area contributed by atoms with Crippen LogP contribution in [0.5, 0.6) is 0 Å². The molecular weight excluding hydrogens is 192 g/mol. The third-order valence-corrected chi connectivity index (χ3v) is 2.45. The molecular formula is C10H20N4O. The predicted octanol–water partition coefficient (Wildman–Crippen LogP) is -0.0168. The van der Waals surface area contributed by atoms with Crippen LogP contribution >= 0.6 is 0 Å². The predicted molar refractivity (Wildman–Crippen MR) is 58.7 cm³/mol. The number of likely N-dealkylation sites (N-methyl/N-ethyl adjacent to an activating group) is 1. The van der Waals surface area contributed by atoms with Gasteiger partial charge in [-0.3, -0.25) is 0 Å². The van der Waals surface area contributed by atoms with E-state index in [4.69, 9.17) is 5.11 Å². The largest absolute Gasteiger partial charge is 0.395 e. The molecule has 1 rings (SSSR count). The lowest BCUT2D eigenvalue weighted by Crippen LogP contribution is -2.34. The van der Waals surface area contributed by atoms with Crippen molar-refractivity contribution in [2.75, 3.05) is 13.7 Å². The second kappa shape index (κ2) is 5.82. The Morgan fingerprint density at radius 2 is 2.13 bits per heavy atom. The van der Waals surface area contributed by atoms with E-state index in [1.54, 1.807) is 0 Å². The molecule has 0 fully saturated rings. The standard InChI is InChI=1S/C10H20N4O/c1-4-9-12-10(5-2)14(13-9)6-8(7-15)11-3/h8,11,15H,4-7H2,1-3H3. The fourth-order valence-electron chi connectivity index (χ4n) is 1.43. The maximum absolute atomic E-state index is 9.09. The second-order valence-electron chi connectivity index (χ2n) is 3.50. The van der Waals surface area contributed by atoms with Crippen LogP contribution in [0.2, 0.25) is 0 Å². The quantitative estimate of drug-likeness (QED) is 0.696. The molecule has 2 N–H and O–H groups in total. The van der Waals surface area contributed by atoms with Crippen LogP contribution in [-0.4, -0.2) is 39.6 Å². The van der Waals surface area contributed by atoms with Crippen molar-refractivity contribution >= 4 is 0 Å². The van der Waals surface area contributed by atoms with E-state index >= 15 is 0 Å². The number of aliphatic hydroxyl groups excluding tert-OH is 1. The monoisotopic (exact) mass is 212 g/mol. The minimum absolute atomic E-state index is 0.0432. The van der Waals surface area contributed by atoms with Crippen LogP contribution in [0.4, 0.5) is 0 Å². The Balaban J connectivity index is 2.77. The molecule has 0 aliphatic rings. The maximum atomic E-state index is 9.09. The lowest BCUT2D eigenvalue weighted by atomic mass is 10.3. The molecule has 1 aromatic heterocycles. The zero-order valence-electron chi connectivity index (χ0n) is 9.69. The summed E-state index contributed by atoms with van der Waals surface area (Å²) in [6.45, 7) is 4.89. The lowest BCUT2D eigenvalue weighted by Gasteiger charge is -2.13. The number of nitrogens with one attached hydrogen (secondary N) is 1. The highest BCUT2D eigenvalue weighted by molar-refractivity contribution is 4.93. The Morgan fingerprint density at radius 1 is 1.40 bits per heavy atom. The van der Waals surface area contributed by atoms with Crippen LogP contribution in [-0.2, 0) is 19.4 Å². The molecule has 5 nitrogen and oxygen atoms in total.